The molecule has 24 heavy (non-hydrogen) atoms. The summed E-state index contributed by atoms with van der Waals surface area (Å²) in [6.45, 7) is 27.9. The van der Waals surface area contributed by atoms with Crippen LogP contribution < -0.4 is 0 Å². The average molecular weight is 345 g/mol. The van der Waals surface area contributed by atoms with E-state index in [4.69, 9.17) is 0 Å². The molecule has 0 N–H and O–H groups in total. The van der Waals surface area contributed by atoms with E-state index in [2.05, 4.69) is 48.5 Å². The van der Waals surface area contributed by atoms with Gasteiger partial charge in [-0.1, -0.05) is 116 Å². The van der Waals surface area contributed by atoms with Crippen LogP contribution in [0, 0.1) is 29.6 Å². The molecule has 0 aliphatic heterocycles. The Morgan fingerprint density at radius 3 is 1.00 bits per heavy atom. The lowest BCUT2D eigenvalue weighted by Gasteiger charge is -2.18. The molecular formula is C24H56. The summed E-state index contributed by atoms with van der Waals surface area (Å²) in [4.78, 5) is 0. The van der Waals surface area contributed by atoms with Crippen LogP contribution in [-0.2, 0) is 0 Å². The topological polar surface area (TPSA) is 0 Å². The van der Waals surface area contributed by atoms with Crippen molar-refractivity contribution in [2.45, 2.75) is 129 Å². The standard InChI is InChI=1S/C7H14.C6H14.C5H10.3C2H6/c1-3-6(2)7-4-5-7;1-5(2)6(3)4;1-5-3-2-4-5;3*1-2/h6-7H,3-5H2,1-2H3;5-6H,1-4H3;5H,2-4H2,1H3;3*1-2H3. The molecule has 0 heterocycles. The van der Waals surface area contributed by atoms with Crippen LogP contribution in [0.5, 0.6) is 0 Å². The van der Waals surface area contributed by atoms with E-state index in [1.807, 2.05) is 41.5 Å². The molecule has 2 rings (SSSR count). The maximum absolute atomic E-state index is 2.36. The average Bonchev–Trinajstić information content (AvgIpc) is 3.44. The smallest absolute Gasteiger partial charge is 0.0388 e. The molecule has 1 atom stereocenters. The molecule has 1 unspecified atom stereocenters. The Morgan fingerprint density at radius 1 is 0.667 bits per heavy atom. The van der Waals surface area contributed by atoms with Gasteiger partial charge in [0.05, 0.1) is 0 Å². The molecular weight excluding hydrogens is 288 g/mol. The van der Waals surface area contributed by atoms with Crippen LogP contribution in [0.25, 0.3) is 0 Å². The summed E-state index contributed by atoms with van der Waals surface area (Å²) in [5, 5.41) is 0. The second-order valence-electron chi connectivity index (χ2n) is 7.25. The maximum atomic E-state index is 2.36. The fourth-order valence-electron chi connectivity index (χ4n) is 1.61. The first kappa shape index (κ1) is 31.7. The molecule has 0 nitrogen and oxygen atoms in total. The predicted octanol–water partition coefficient (Wildman–Crippen LogP) is 9.63. The molecule has 0 radical (unpaired) electrons. The van der Waals surface area contributed by atoms with Crippen LogP contribution >= 0.6 is 0 Å². The normalized spacial score (nSPS) is 16.1. The summed E-state index contributed by atoms with van der Waals surface area (Å²) < 4.78 is 0. The second kappa shape index (κ2) is 25.2. The van der Waals surface area contributed by atoms with Crippen molar-refractivity contribution < 1.29 is 0 Å². The van der Waals surface area contributed by atoms with E-state index in [0.717, 1.165) is 29.6 Å². The monoisotopic (exact) mass is 344 g/mol. The number of hydrogen-bond acceptors (Lipinski definition) is 0. The highest BCUT2D eigenvalue weighted by atomic mass is 14.3. The van der Waals surface area contributed by atoms with Crippen LogP contribution in [-0.4, -0.2) is 0 Å². The van der Waals surface area contributed by atoms with Crippen molar-refractivity contribution in [2.75, 3.05) is 0 Å². The first-order valence-electron chi connectivity index (χ1n) is 11.4. The van der Waals surface area contributed by atoms with E-state index in [1.165, 1.54) is 38.5 Å². The van der Waals surface area contributed by atoms with Gasteiger partial charge >= 0.3 is 0 Å². The molecule has 0 saturated heterocycles. The van der Waals surface area contributed by atoms with Crippen LogP contribution in [0.15, 0.2) is 0 Å². The Labute approximate surface area is 158 Å². The van der Waals surface area contributed by atoms with E-state index in [0.29, 0.717) is 0 Å². The molecule has 152 valence electrons. The Hall–Kier alpha value is 0. The van der Waals surface area contributed by atoms with Gasteiger partial charge in [-0.15, -0.1) is 0 Å². The first-order chi connectivity index (χ1) is 11.4. The molecule has 0 spiro atoms. The predicted molar refractivity (Wildman–Crippen MR) is 119 cm³/mol. The fourth-order valence-corrected chi connectivity index (χ4v) is 1.61. The molecule has 2 saturated carbocycles. The lowest BCUT2D eigenvalue weighted by Crippen LogP contribution is -2.04. The van der Waals surface area contributed by atoms with Crippen molar-refractivity contribution in [1.29, 1.82) is 0 Å². The number of hydrogen-bond donors (Lipinski definition) is 0. The van der Waals surface area contributed by atoms with Crippen LogP contribution in [0.4, 0.5) is 0 Å². The van der Waals surface area contributed by atoms with E-state index >= 15 is 0 Å². The zero-order valence-electron chi connectivity index (χ0n) is 20.1. The van der Waals surface area contributed by atoms with Crippen LogP contribution in [0.2, 0.25) is 0 Å². The van der Waals surface area contributed by atoms with Gasteiger partial charge in [-0.05, 0) is 42.4 Å². The molecule has 0 aromatic rings. The molecule has 0 bridgehead atoms. The maximum Gasteiger partial charge on any atom is -0.0388 e. The van der Waals surface area contributed by atoms with Gasteiger partial charge in [-0.2, -0.15) is 0 Å². The van der Waals surface area contributed by atoms with Crippen molar-refractivity contribution in [3.63, 3.8) is 0 Å². The van der Waals surface area contributed by atoms with Crippen molar-refractivity contribution in [1.82, 2.24) is 0 Å². The Balaban J connectivity index is -0.000000109. The highest BCUT2D eigenvalue weighted by Crippen LogP contribution is 2.37. The van der Waals surface area contributed by atoms with Crippen LogP contribution in [0.3, 0.4) is 0 Å². The van der Waals surface area contributed by atoms with Gasteiger partial charge in [0.15, 0.2) is 0 Å². The summed E-state index contributed by atoms with van der Waals surface area (Å²) in [6, 6.07) is 0. The van der Waals surface area contributed by atoms with E-state index < -0.39 is 0 Å². The van der Waals surface area contributed by atoms with Crippen molar-refractivity contribution in [2.24, 2.45) is 29.6 Å². The minimum absolute atomic E-state index is 0.852. The molecule has 2 fully saturated rings. The molecule has 2 aliphatic rings. The lowest BCUT2D eigenvalue weighted by atomic mass is 9.88. The summed E-state index contributed by atoms with van der Waals surface area (Å²) in [6.07, 6.45) is 8.86. The minimum Gasteiger partial charge on any atom is -0.0683 e. The van der Waals surface area contributed by atoms with Crippen molar-refractivity contribution in [3.05, 3.63) is 0 Å². The molecule has 0 heteroatoms. The van der Waals surface area contributed by atoms with Gasteiger partial charge in [0, 0.05) is 0 Å². The molecule has 0 amide bonds. The van der Waals surface area contributed by atoms with Gasteiger partial charge in [-0.3, -0.25) is 0 Å². The minimum atomic E-state index is 0.852. The van der Waals surface area contributed by atoms with Gasteiger partial charge < -0.3 is 0 Å². The third-order valence-corrected chi connectivity index (χ3v) is 4.80. The number of rotatable bonds is 3. The van der Waals surface area contributed by atoms with Crippen molar-refractivity contribution >= 4 is 0 Å². The third kappa shape index (κ3) is 26.9. The fraction of sp³-hybridized carbons (Fsp3) is 1.00. The summed E-state index contributed by atoms with van der Waals surface area (Å²) in [5.74, 6) is 4.90. The lowest BCUT2D eigenvalue weighted by molar-refractivity contribution is 0.346. The van der Waals surface area contributed by atoms with E-state index in [9.17, 15) is 0 Å². The molecule has 0 aromatic heterocycles. The zero-order valence-corrected chi connectivity index (χ0v) is 20.1. The summed E-state index contributed by atoms with van der Waals surface area (Å²) in [7, 11) is 0. The van der Waals surface area contributed by atoms with Crippen molar-refractivity contribution in [3.8, 4) is 0 Å². The van der Waals surface area contributed by atoms with E-state index in [-0.39, 0.29) is 0 Å². The van der Waals surface area contributed by atoms with Gasteiger partial charge in [0.25, 0.3) is 0 Å². The first-order valence-corrected chi connectivity index (χ1v) is 11.4. The third-order valence-electron chi connectivity index (χ3n) is 4.80. The summed E-state index contributed by atoms with van der Waals surface area (Å²) >= 11 is 0. The highest BCUT2D eigenvalue weighted by Gasteiger charge is 2.25. The Bertz CT molecular complexity index is 166. The van der Waals surface area contributed by atoms with Gasteiger partial charge in [-0.25, -0.2) is 0 Å². The van der Waals surface area contributed by atoms with E-state index in [1.54, 1.807) is 0 Å². The SMILES string of the molecule is CC.CC.CC.CC(C)C(C)C.CC1CCC1.CCC(C)C1CC1. The largest absolute Gasteiger partial charge is 0.0683 e. The Kier molecular flexibility index (Phi) is 33.4. The highest BCUT2D eigenvalue weighted by molar-refractivity contribution is 4.77. The quantitative estimate of drug-likeness (QED) is 0.478. The second-order valence-corrected chi connectivity index (χ2v) is 7.25. The van der Waals surface area contributed by atoms with Gasteiger partial charge in [0.2, 0.25) is 0 Å². The molecule has 0 aromatic carbocycles. The van der Waals surface area contributed by atoms with Gasteiger partial charge in [0.1, 0.15) is 0 Å². The zero-order chi connectivity index (χ0) is 20.1. The molecule has 2 aliphatic carbocycles. The Morgan fingerprint density at radius 2 is 0.958 bits per heavy atom. The summed E-state index contributed by atoms with van der Waals surface area (Å²) in [5.41, 5.74) is 0. The van der Waals surface area contributed by atoms with Crippen LogP contribution in [0.1, 0.15) is 129 Å².